The van der Waals surface area contributed by atoms with Gasteiger partial charge in [-0.25, -0.2) is 0 Å². The molecule has 0 fully saturated rings. The van der Waals surface area contributed by atoms with Gasteiger partial charge in [0.05, 0.1) is 12.2 Å². The van der Waals surface area contributed by atoms with Crippen LogP contribution in [0.5, 0.6) is 11.6 Å². The average Bonchev–Trinajstić information content (AvgIpc) is 2.72. The zero-order chi connectivity index (χ0) is 21.4. The van der Waals surface area contributed by atoms with Gasteiger partial charge >= 0.3 is 0 Å². The van der Waals surface area contributed by atoms with Crippen molar-refractivity contribution in [2.75, 3.05) is 6.61 Å². The van der Waals surface area contributed by atoms with E-state index in [-0.39, 0.29) is 29.1 Å². The van der Waals surface area contributed by atoms with E-state index in [9.17, 15) is 20.0 Å². The van der Waals surface area contributed by atoms with E-state index in [1.165, 1.54) is 6.92 Å². The molecule has 0 spiro atoms. The summed E-state index contributed by atoms with van der Waals surface area (Å²) in [4.78, 5) is 25.8. The molecule has 1 heterocycles. The van der Waals surface area contributed by atoms with Crippen molar-refractivity contribution in [3.8, 4) is 17.7 Å². The highest BCUT2D eigenvalue weighted by Gasteiger charge is 2.25. The standard InChI is InChI=1S/C23H28N2O4/c1-4-6-7-8-12-25-22(27)19(15-24)16(3)20(23(25)28)21(26)17-10-9-11-18(14-17)29-13-5-2/h9-11,14,28H,4-8,12-13H2,1-3H3. The molecule has 2 rings (SSSR count). The fraction of sp³-hybridized carbons (Fsp3) is 0.435. The van der Waals surface area contributed by atoms with Crippen molar-refractivity contribution in [3.63, 3.8) is 0 Å². The number of pyridine rings is 1. The van der Waals surface area contributed by atoms with Gasteiger partial charge in [0, 0.05) is 12.1 Å². The summed E-state index contributed by atoms with van der Waals surface area (Å²) in [6.07, 6.45) is 4.48. The second-order valence-corrected chi connectivity index (χ2v) is 7.03. The molecule has 6 heteroatoms. The van der Waals surface area contributed by atoms with Gasteiger partial charge in [0.2, 0.25) is 5.88 Å². The molecule has 1 N–H and O–H groups in total. The second kappa shape index (κ2) is 10.5. The minimum absolute atomic E-state index is 0.00992. The van der Waals surface area contributed by atoms with Gasteiger partial charge in [0.15, 0.2) is 5.78 Å². The van der Waals surface area contributed by atoms with Gasteiger partial charge in [-0.05, 0) is 37.5 Å². The summed E-state index contributed by atoms with van der Waals surface area (Å²) in [5.41, 5.74) is -0.151. The van der Waals surface area contributed by atoms with Crippen molar-refractivity contribution in [3.05, 3.63) is 56.9 Å². The van der Waals surface area contributed by atoms with E-state index in [1.54, 1.807) is 24.3 Å². The topological polar surface area (TPSA) is 92.3 Å². The molecule has 0 amide bonds. The normalized spacial score (nSPS) is 10.6. The Morgan fingerprint density at radius 1 is 1.21 bits per heavy atom. The number of ketones is 1. The van der Waals surface area contributed by atoms with Crippen LogP contribution in [-0.4, -0.2) is 22.1 Å². The first-order chi connectivity index (χ1) is 14.0. The quantitative estimate of drug-likeness (QED) is 0.476. The van der Waals surface area contributed by atoms with E-state index in [2.05, 4.69) is 6.92 Å². The Bertz CT molecular complexity index is 970. The number of rotatable bonds is 10. The fourth-order valence-corrected chi connectivity index (χ4v) is 3.22. The smallest absolute Gasteiger partial charge is 0.271 e. The van der Waals surface area contributed by atoms with Crippen LogP contribution in [0.1, 0.15) is 73.0 Å². The van der Waals surface area contributed by atoms with Gasteiger partial charge in [0.1, 0.15) is 17.4 Å². The van der Waals surface area contributed by atoms with Crippen LogP contribution in [0.15, 0.2) is 29.1 Å². The van der Waals surface area contributed by atoms with Gasteiger partial charge in [-0.2, -0.15) is 5.26 Å². The van der Waals surface area contributed by atoms with E-state index in [0.717, 1.165) is 30.3 Å². The lowest BCUT2D eigenvalue weighted by atomic mass is 9.97. The Morgan fingerprint density at radius 2 is 1.97 bits per heavy atom. The molecule has 154 valence electrons. The Kier molecular flexibility index (Phi) is 8.02. The highest BCUT2D eigenvalue weighted by Crippen LogP contribution is 2.26. The van der Waals surface area contributed by atoms with E-state index in [1.807, 2.05) is 13.0 Å². The van der Waals surface area contributed by atoms with Crippen LogP contribution in [0, 0.1) is 18.3 Å². The number of hydrogen-bond acceptors (Lipinski definition) is 5. The number of hydrogen-bond donors (Lipinski definition) is 1. The zero-order valence-corrected chi connectivity index (χ0v) is 17.3. The summed E-state index contributed by atoms with van der Waals surface area (Å²) in [7, 11) is 0. The summed E-state index contributed by atoms with van der Waals surface area (Å²) >= 11 is 0. The van der Waals surface area contributed by atoms with Crippen LogP contribution in [0.2, 0.25) is 0 Å². The van der Waals surface area contributed by atoms with E-state index in [4.69, 9.17) is 4.74 Å². The number of nitriles is 1. The van der Waals surface area contributed by atoms with Crippen molar-refractivity contribution < 1.29 is 14.6 Å². The highest BCUT2D eigenvalue weighted by molar-refractivity contribution is 6.11. The third-order valence-electron chi connectivity index (χ3n) is 4.83. The fourth-order valence-electron chi connectivity index (χ4n) is 3.22. The van der Waals surface area contributed by atoms with Crippen LogP contribution in [0.25, 0.3) is 0 Å². The number of nitrogens with zero attached hydrogens (tertiary/aromatic N) is 2. The van der Waals surface area contributed by atoms with Crippen LogP contribution in [0.3, 0.4) is 0 Å². The summed E-state index contributed by atoms with van der Waals surface area (Å²) < 4.78 is 6.73. The largest absolute Gasteiger partial charge is 0.494 e. The van der Waals surface area contributed by atoms with E-state index >= 15 is 0 Å². The molecule has 0 aliphatic rings. The summed E-state index contributed by atoms with van der Waals surface area (Å²) in [5, 5.41) is 20.2. The van der Waals surface area contributed by atoms with Crippen molar-refractivity contribution in [2.24, 2.45) is 0 Å². The molecule has 0 aliphatic heterocycles. The van der Waals surface area contributed by atoms with E-state index in [0.29, 0.717) is 24.3 Å². The molecule has 0 radical (unpaired) electrons. The Hall–Kier alpha value is -3.07. The lowest BCUT2D eigenvalue weighted by Crippen LogP contribution is -2.27. The van der Waals surface area contributed by atoms with Gasteiger partial charge < -0.3 is 9.84 Å². The monoisotopic (exact) mass is 396 g/mol. The summed E-state index contributed by atoms with van der Waals surface area (Å²) in [6.45, 7) is 6.39. The number of carbonyl (C=O) groups is 1. The highest BCUT2D eigenvalue weighted by atomic mass is 16.5. The van der Waals surface area contributed by atoms with Crippen LogP contribution in [-0.2, 0) is 6.54 Å². The third-order valence-corrected chi connectivity index (χ3v) is 4.83. The minimum atomic E-state index is -0.560. The second-order valence-electron chi connectivity index (χ2n) is 7.03. The summed E-state index contributed by atoms with van der Waals surface area (Å²) in [6, 6.07) is 8.60. The van der Waals surface area contributed by atoms with Crippen LogP contribution in [0.4, 0.5) is 0 Å². The third kappa shape index (κ3) is 5.05. The number of ether oxygens (including phenoxy) is 1. The molecular weight excluding hydrogens is 368 g/mol. The maximum atomic E-state index is 13.2. The first kappa shape index (κ1) is 22.2. The van der Waals surface area contributed by atoms with Crippen molar-refractivity contribution in [2.45, 2.75) is 59.4 Å². The molecule has 1 aromatic heterocycles. The predicted octanol–water partition coefficient (Wildman–Crippen LogP) is 4.33. The molecule has 0 atom stereocenters. The Morgan fingerprint density at radius 3 is 2.62 bits per heavy atom. The van der Waals surface area contributed by atoms with E-state index < -0.39 is 11.3 Å². The molecule has 0 saturated heterocycles. The molecule has 6 nitrogen and oxygen atoms in total. The van der Waals surface area contributed by atoms with Crippen molar-refractivity contribution in [1.82, 2.24) is 4.57 Å². The molecular formula is C23H28N2O4. The molecule has 0 bridgehead atoms. The van der Waals surface area contributed by atoms with Gasteiger partial charge in [0.25, 0.3) is 5.56 Å². The van der Waals surface area contributed by atoms with Crippen LogP contribution < -0.4 is 10.3 Å². The molecule has 29 heavy (non-hydrogen) atoms. The van der Waals surface area contributed by atoms with Crippen LogP contribution >= 0.6 is 0 Å². The zero-order valence-electron chi connectivity index (χ0n) is 17.3. The van der Waals surface area contributed by atoms with Gasteiger partial charge in [-0.15, -0.1) is 0 Å². The van der Waals surface area contributed by atoms with Crippen molar-refractivity contribution in [1.29, 1.82) is 5.26 Å². The molecule has 2 aromatic rings. The summed E-state index contributed by atoms with van der Waals surface area (Å²) in [5.74, 6) is -0.267. The molecule has 0 unspecified atom stereocenters. The van der Waals surface area contributed by atoms with Gasteiger partial charge in [-0.1, -0.05) is 45.2 Å². The Labute approximate surface area is 171 Å². The molecule has 0 aliphatic carbocycles. The molecule has 1 aromatic carbocycles. The lowest BCUT2D eigenvalue weighted by Gasteiger charge is -2.16. The molecule has 0 saturated carbocycles. The maximum absolute atomic E-state index is 13.2. The SMILES string of the molecule is CCCCCCn1c(O)c(C(=O)c2cccc(OCCC)c2)c(C)c(C#N)c1=O. The predicted molar refractivity (Wildman–Crippen MR) is 112 cm³/mol. The number of carbonyl (C=O) groups excluding carboxylic acids is 1. The van der Waals surface area contributed by atoms with Crippen molar-refractivity contribution >= 4 is 5.78 Å². The lowest BCUT2D eigenvalue weighted by molar-refractivity contribution is 0.103. The number of aromatic hydroxyl groups is 1. The number of benzene rings is 1. The first-order valence-corrected chi connectivity index (χ1v) is 10.1. The van der Waals surface area contributed by atoms with Gasteiger partial charge in [-0.3, -0.25) is 14.2 Å². The number of aromatic nitrogens is 1. The number of unbranched alkanes of at least 4 members (excludes halogenated alkanes) is 3. The average molecular weight is 396 g/mol. The maximum Gasteiger partial charge on any atom is 0.271 e. The first-order valence-electron chi connectivity index (χ1n) is 10.1. The minimum Gasteiger partial charge on any atom is -0.494 e. The Balaban J connectivity index is 2.50.